The fourth-order valence-corrected chi connectivity index (χ4v) is 3.70. The molecule has 0 spiro atoms. The molecule has 3 heteroatoms. The standard InChI is InChI=1S/C18H26N2O/c1-18(2,3)15-7-5-13(6-8-15)17(21)20-10-9-14-11-19(4)12-16(14)20/h5-8,14,16H,9-12H2,1-4H3/t14-,16+/m0/s1. The molecule has 0 N–H and O–H groups in total. The Bertz CT molecular complexity index is 529. The predicted molar refractivity (Wildman–Crippen MR) is 85.6 cm³/mol. The van der Waals surface area contributed by atoms with Gasteiger partial charge in [0.05, 0.1) is 0 Å². The Morgan fingerprint density at radius 3 is 2.43 bits per heavy atom. The van der Waals surface area contributed by atoms with Crippen molar-refractivity contribution in [1.82, 2.24) is 9.80 Å². The van der Waals surface area contributed by atoms with Crippen molar-refractivity contribution in [3.05, 3.63) is 35.4 Å². The Morgan fingerprint density at radius 1 is 1.14 bits per heavy atom. The number of hydrogen-bond donors (Lipinski definition) is 0. The summed E-state index contributed by atoms with van der Waals surface area (Å²) in [5.74, 6) is 0.881. The van der Waals surface area contributed by atoms with Crippen molar-refractivity contribution in [3.63, 3.8) is 0 Å². The van der Waals surface area contributed by atoms with Gasteiger partial charge in [0, 0.05) is 31.2 Å². The van der Waals surface area contributed by atoms with Gasteiger partial charge in [-0.25, -0.2) is 0 Å². The second kappa shape index (κ2) is 5.13. The van der Waals surface area contributed by atoms with E-state index >= 15 is 0 Å². The van der Waals surface area contributed by atoms with Crippen molar-refractivity contribution in [2.45, 2.75) is 38.6 Å². The molecule has 2 atom stereocenters. The number of benzene rings is 1. The fourth-order valence-electron chi connectivity index (χ4n) is 3.70. The average molecular weight is 286 g/mol. The largest absolute Gasteiger partial charge is 0.334 e. The zero-order valence-corrected chi connectivity index (χ0v) is 13.6. The first kappa shape index (κ1) is 14.6. The Hall–Kier alpha value is -1.35. The van der Waals surface area contributed by atoms with Crippen molar-refractivity contribution >= 4 is 5.91 Å². The summed E-state index contributed by atoms with van der Waals surface area (Å²) in [7, 11) is 2.15. The molecule has 0 unspecified atom stereocenters. The zero-order chi connectivity index (χ0) is 15.2. The highest BCUT2D eigenvalue weighted by Crippen LogP contribution is 2.32. The van der Waals surface area contributed by atoms with Crippen LogP contribution in [0.5, 0.6) is 0 Å². The number of fused-ring (bicyclic) bond motifs is 1. The molecule has 3 nitrogen and oxygen atoms in total. The molecular formula is C18H26N2O. The van der Waals surface area contributed by atoms with Gasteiger partial charge >= 0.3 is 0 Å². The molecule has 1 aromatic rings. The summed E-state index contributed by atoms with van der Waals surface area (Å²) in [4.78, 5) is 17.2. The third-order valence-electron chi connectivity index (χ3n) is 4.99. The number of likely N-dealkylation sites (N-methyl/N-ethyl adjacent to an activating group) is 1. The van der Waals surface area contributed by atoms with E-state index in [0.29, 0.717) is 12.0 Å². The Labute approximate surface area is 127 Å². The highest BCUT2D eigenvalue weighted by Gasteiger charge is 2.42. The van der Waals surface area contributed by atoms with E-state index in [0.717, 1.165) is 31.6 Å². The zero-order valence-electron chi connectivity index (χ0n) is 13.6. The van der Waals surface area contributed by atoms with Gasteiger partial charge in [-0.15, -0.1) is 0 Å². The lowest BCUT2D eigenvalue weighted by Crippen LogP contribution is -2.39. The minimum absolute atomic E-state index is 0.133. The average Bonchev–Trinajstić information content (AvgIpc) is 2.96. The van der Waals surface area contributed by atoms with Crippen LogP contribution in [0.4, 0.5) is 0 Å². The molecule has 21 heavy (non-hydrogen) atoms. The molecular weight excluding hydrogens is 260 g/mol. The SMILES string of the molecule is CN1C[C@@H]2CCN(C(=O)c3ccc(C(C)(C)C)cc3)[C@@H]2C1. The van der Waals surface area contributed by atoms with E-state index in [4.69, 9.17) is 0 Å². The molecule has 2 aliphatic rings. The molecule has 0 aromatic heterocycles. The van der Waals surface area contributed by atoms with Crippen molar-refractivity contribution in [1.29, 1.82) is 0 Å². The summed E-state index contributed by atoms with van der Waals surface area (Å²) in [5.41, 5.74) is 2.24. The molecule has 0 bridgehead atoms. The van der Waals surface area contributed by atoms with Gasteiger partial charge in [0.1, 0.15) is 0 Å². The first-order valence-corrected chi connectivity index (χ1v) is 7.96. The second-order valence-corrected chi connectivity index (χ2v) is 7.66. The van der Waals surface area contributed by atoms with Gasteiger partial charge in [0.15, 0.2) is 0 Å². The van der Waals surface area contributed by atoms with Gasteiger partial charge in [-0.3, -0.25) is 4.79 Å². The first-order chi connectivity index (χ1) is 9.86. The van der Waals surface area contributed by atoms with Crippen LogP contribution in [0.1, 0.15) is 43.1 Å². The van der Waals surface area contributed by atoms with Crippen LogP contribution in [0.3, 0.4) is 0 Å². The summed E-state index contributed by atoms with van der Waals surface area (Å²) < 4.78 is 0. The first-order valence-electron chi connectivity index (χ1n) is 7.96. The number of nitrogens with zero attached hydrogens (tertiary/aromatic N) is 2. The molecule has 2 aliphatic heterocycles. The summed E-state index contributed by atoms with van der Waals surface area (Å²) in [6.45, 7) is 9.67. The predicted octanol–water partition coefficient (Wildman–Crippen LogP) is 2.76. The minimum Gasteiger partial charge on any atom is -0.334 e. The summed E-state index contributed by atoms with van der Waals surface area (Å²) in [6, 6.07) is 8.61. The van der Waals surface area contributed by atoms with E-state index < -0.39 is 0 Å². The van der Waals surface area contributed by atoms with Crippen LogP contribution >= 0.6 is 0 Å². The van der Waals surface area contributed by atoms with Gasteiger partial charge in [-0.2, -0.15) is 0 Å². The lowest BCUT2D eigenvalue weighted by atomic mass is 9.86. The van der Waals surface area contributed by atoms with Crippen LogP contribution in [0.15, 0.2) is 24.3 Å². The summed E-state index contributed by atoms with van der Waals surface area (Å²) >= 11 is 0. The van der Waals surface area contributed by atoms with Crippen LogP contribution in [0, 0.1) is 5.92 Å². The molecule has 1 aromatic carbocycles. The maximum atomic E-state index is 12.8. The highest BCUT2D eigenvalue weighted by atomic mass is 16.2. The monoisotopic (exact) mass is 286 g/mol. The van der Waals surface area contributed by atoms with E-state index in [2.05, 4.69) is 49.8 Å². The van der Waals surface area contributed by atoms with Gasteiger partial charge < -0.3 is 9.80 Å². The number of hydrogen-bond acceptors (Lipinski definition) is 2. The van der Waals surface area contributed by atoms with Gasteiger partial charge in [-0.05, 0) is 42.5 Å². The van der Waals surface area contributed by atoms with E-state index in [1.807, 2.05) is 12.1 Å². The molecule has 2 saturated heterocycles. The molecule has 2 heterocycles. The van der Waals surface area contributed by atoms with Crippen molar-refractivity contribution in [2.75, 3.05) is 26.7 Å². The second-order valence-electron chi connectivity index (χ2n) is 7.66. The maximum Gasteiger partial charge on any atom is 0.254 e. The Morgan fingerprint density at radius 2 is 1.81 bits per heavy atom. The number of amides is 1. The summed E-state index contributed by atoms with van der Waals surface area (Å²) in [6.07, 6.45) is 1.15. The maximum absolute atomic E-state index is 12.8. The Kier molecular flexibility index (Phi) is 3.56. The third-order valence-corrected chi connectivity index (χ3v) is 4.99. The topological polar surface area (TPSA) is 23.6 Å². The van der Waals surface area contributed by atoms with E-state index in [9.17, 15) is 4.79 Å². The molecule has 0 saturated carbocycles. The van der Waals surface area contributed by atoms with Gasteiger partial charge in [0.25, 0.3) is 5.91 Å². The number of likely N-dealkylation sites (tertiary alicyclic amines) is 2. The third kappa shape index (κ3) is 2.71. The minimum atomic E-state index is 0.133. The molecule has 1 amide bonds. The van der Waals surface area contributed by atoms with Crippen molar-refractivity contribution in [3.8, 4) is 0 Å². The van der Waals surface area contributed by atoms with E-state index in [1.54, 1.807) is 0 Å². The molecule has 2 fully saturated rings. The lowest BCUT2D eigenvalue weighted by Gasteiger charge is -2.25. The summed E-state index contributed by atoms with van der Waals surface area (Å²) in [5, 5.41) is 0. The smallest absolute Gasteiger partial charge is 0.254 e. The van der Waals surface area contributed by atoms with Gasteiger partial charge in [0.2, 0.25) is 0 Å². The number of rotatable bonds is 1. The molecule has 0 radical (unpaired) electrons. The number of carbonyl (C=O) groups excluding carboxylic acids is 1. The van der Waals surface area contributed by atoms with E-state index in [1.165, 1.54) is 5.56 Å². The van der Waals surface area contributed by atoms with Crippen LogP contribution in [-0.4, -0.2) is 48.4 Å². The van der Waals surface area contributed by atoms with Crippen LogP contribution in [0.25, 0.3) is 0 Å². The van der Waals surface area contributed by atoms with Crippen LogP contribution in [-0.2, 0) is 5.41 Å². The Balaban J connectivity index is 1.77. The van der Waals surface area contributed by atoms with Crippen molar-refractivity contribution in [2.24, 2.45) is 5.92 Å². The number of carbonyl (C=O) groups is 1. The van der Waals surface area contributed by atoms with Crippen LogP contribution in [0.2, 0.25) is 0 Å². The lowest BCUT2D eigenvalue weighted by molar-refractivity contribution is 0.0729. The molecule has 3 rings (SSSR count). The highest BCUT2D eigenvalue weighted by molar-refractivity contribution is 5.94. The van der Waals surface area contributed by atoms with Crippen LogP contribution < -0.4 is 0 Å². The van der Waals surface area contributed by atoms with Crippen molar-refractivity contribution < 1.29 is 4.79 Å². The normalized spacial score (nSPS) is 26.2. The van der Waals surface area contributed by atoms with E-state index in [-0.39, 0.29) is 11.3 Å². The fraction of sp³-hybridized carbons (Fsp3) is 0.611. The molecule has 0 aliphatic carbocycles. The quantitative estimate of drug-likeness (QED) is 0.792. The van der Waals surface area contributed by atoms with Gasteiger partial charge in [-0.1, -0.05) is 32.9 Å². The molecule has 114 valence electrons.